The molecule has 0 aliphatic carbocycles. The zero-order valence-electron chi connectivity index (χ0n) is 14.1. The smallest absolute Gasteiger partial charge is 0.222 e. The summed E-state index contributed by atoms with van der Waals surface area (Å²) >= 11 is 0. The third-order valence-electron chi connectivity index (χ3n) is 4.72. The van der Waals surface area contributed by atoms with E-state index >= 15 is 0 Å². The molecule has 1 atom stereocenters. The molecular weight excluding hydrogens is 292 g/mol. The van der Waals surface area contributed by atoms with Crippen molar-refractivity contribution in [3.05, 3.63) is 96.4 Å². The van der Waals surface area contributed by atoms with Crippen molar-refractivity contribution in [2.45, 2.75) is 19.9 Å². The maximum Gasteiger partial charge on any atom is 0.250 e. The second-order valence-electron chi connectivity index (χ2n) is 6.25. The van der Waals surface area contributed by atoms with Gasteiger partial charge in [-0.05, 0) is 31.5 Å². The van der Waals surface area contributed by atoms with Gasteiger partial charge in [0.05, 0.1) is 0 Å². The second-order valence-corrected chi connectivity index (χ2v) is 6.25. The van der Waals surface area contributed by atoms with Crippen LogP contribution >= 0.6 is 0 Å². The van der Waals surface area contributed by atoms with Crippen molar-refractivity contribution in [3.8, 4) is 11.3 Å². The quantitative estimate of drug-likeness (QED) is 0.480. The van der Waals surface area contributed by atoms with Crippen LogP contribution in [0.5, 0.6) is 0 Å². The van der Waals surface area contributed by atoms with Crippen molar-refractivity contribution in [1.82, 2.24) is 4.40 Å². The van der Waals surface area contributed by atoms with Gasteiger partial charge in [0.2, 0.25) is 6.33 Å². The molecule has 2 aromatic heterocycles. The molecule has 0 fully saturated rings. The molecule has 0 spiro atoms. The number of hydrogen-bond donors (Lipinski definition) is 0. The van der Waals surface area contributed by atoms with Gasteiger partial charge in [-0.1, -0.05) is 66.7 Å². The predicted octanol–water partition coefficient (Wildman–Crippen LogP) is 4.81. The summed E-state index contributed by atoms with van der Waals surface area (Å²) < 4.78 is 4.66. The number of aromatic nitrogens is 2. The Morgan fingerprint density at radius 3 is 2.17 bits per heavy atom. The van der Waals surface area contributed by atoms with Crippen LogP contribution in [-0.4, -0.2) is 4.40 Å². The normalized spacial score (nSPS) is 12.4. The van der Waals surface area contributed by atoms with E-state index in [1.807, 2.05) is 0 Å². The summed E-state index contributed by atoms with van der Waals surface area (Å²) in [5.41, 5.74) is 6.30. The Morgan fingerprint density at radius 1 is 0.792 bits per heavy atom. The number of rotatable bonds is 3. The van der Waals surface area contributed by atoms with Gasteiger partial charge in [-0.25, -0.2) is 4.57 Å². The van der Waals surface area contributed by atoms with E-state index in [9.17, 15) is 0 Å². The summed E-state index contributed by atoms with van der Waals surface area (Å²) in [7, 11) is 0. The Hall–Kier alpha value is -2.87. The lowest BCUT2D eigenvalue weighted by Crippen LogP contribution is -2.38. The fourth-order valence-corrected chi connectivity index (χ4v) is 3.37. The Morgan fingerprint density at radius 2 is 1.46 bits per heavy atom. The minimum Gasteiger partial charge on any atom is -0.222 e. The highest BCUT2D eigenvalue weighted by Gasteiger charge is 2.24. The lowest BCUT2D eigenvalue weighted by molar-refractivity contribution is -0.698. The van der Waals surface area contributed by atoms with E-state index in [0.29, 0.717) is 0 Å². The SMILES string of the molecule is Cc1cccc2c(-c3ccccc3)[n+]([C@@H](C)c3ccccc3)cn12. The van der Waals surface area contributed by atoms with E-state index < -0.39 is 0 Å². The summed E-state index contributed by atoms with van der Waals surface area (Å²) in [4.78, 5) is 0. The van der Waals surface area contributed by atoms with Crippen molar-refractivity contribution in [1.29, 1.82) is 0 Å². The molecule has 0 saturated heterocycles. The highest BCUT2D eigenvalue weighted by atomic mass is 15.1. The van der Waals surface area contributed by atoms with Crippen LogP contribution in [-0.2, 0) is 0 Å². The number of aryl methyl sites for hydroxylation is 1. The lowest BCUT2D eigenvalue weighted by Gasteiger charge is -2.11. The monoisotopic (exact) mass is 313 g/mol. The Labute approximate surface area is 142 Å². The Bertz CT molecular complexity index is 969. The van der Waals surface area contributed by atoms with Crippen LogP contribution in [0.15, 0.2) is 85.2 Å². The molecule has 2 heteroatoms. The van der Waals surface area contributed by atoms with Crippen LogP contribution < -0.4 is 4.57 Å². The van der Waals surface area contributed by atoms with Crippen LogP contribution in [0.1, 0.15) is 24.2 Å². The number of hydrogen-bond acceptors (Lipinski definition) is 0. The molecule has 2 nitrogen and oxygen atoms in total. The summed E-state index contributed by atoms with van der Waals surface area (Å²) in [6, 6.07) is 28.1. The zero-order chi connectivity index (χ0) is 16.5. The first-order chi connectivity index (χ1) is 11.8. The topological polar surface area (TPSA) is 8.29 Å². The predicted molar refractivity (Wildman–Crippen MR) is 98.0 cm³/mol. The minimum atomic E-state index is 0.265. The van der Waals surface area contributed by atoms with Gasteiger partial charge in [-0.2, -0.15) is 4.40 Å². The first-order valence-electron chi connectivity index (χ1n) is 8.38. The first kappa shape index (κ1) is 14.7. The molecule has 118 valence electrons. The van der Waals surface area contributed by atoms with Gasteiger partial charge in [-0.15, -0.1) is 0 Å². The number of benzene rings is 2. The Balaban J connectivity index is 2.00. The first-order valence-corrected chi connectivity index (χ1v) is 8.38. The minimum absolute atomic E-state index is 0.265. The molecular formula is C22H21N2+. The molecule has 0 bridgehead atoms. The van der Waals surface area contributed by atoms with E-state index in [2.05, 4.69) is 108 Å². The molecule has 0 aliphatic heterocycles. The van der Waals surface area contributed by atoms with Gasteiger partial charge in [-0.3, -0.25) is 0 Å². The van der Waals surface area contributed by atoms with E-state index in [4.69, 9.17) is 0 Å². The van der Waals surface area contributed by atoms with E-state index in [1.165, 1.54) is 28.0 Å². The third-order valence-corrected chi connectivity index (χ3v) is 4.72. The van der Waals surface area contributed by atoms with Gasteiger partial charge in [0.15, 0.2) is 11.2 Å². The average molecular weight is 313 g/mol. The highest BCUT2D eigenvalue weighted by Crippen LogP contribution is 2.25. The maximum atomic E-state index is 2.38. The van der Waals surface area contributed by atoms with Crippen molar-refractivity contribution in [2.24, 2.45) is 0 Å². The molecule has 0 unspecified atom stereocenters. The van der Waals surface area contributed by atoms with E-state index in [1.54, 1.807) is 0 Å². The van der Waals surface area contributed by atoms with Crippen LogP contribution in [0, 0.1) is 6.92 Å². The van der Waals surface area contributed by atoms with Crippen molar-refractivity contribution < 1.29 is 4.57 Å². The molecule has 2 aromatic carbocycles. The summed E-state index contributed by atoms with van der Waals surface area (Å²) in [6.45, 7) is 4.41. The number of fused-ring (bicyclic) bond motifs is 1. The van der Waals surface area contributed by atoms with Crippen molar-refractivity contribution >= 4 is 5.52 Å². The fourth-order valence-electron chi connectivity index (χ4n) is 3.37. The molecule has 0 radical (unpaired) electrons. The summed E-state index contributed by atoms with van der Waals surface area (Å²) in [5, 5.41) is 0. The maximum absolute atomic E-state index is 2.38. The van der Waals surface area contributed by atoms with Gasteiger partial charge in [0.1, 0.15) is 11.7 Å². The molecule has 0 amide bonds. The molecule has 24 heavy (non-hydrogen) atoms. The van der Waals surface area contributed by atoms with Crippen LogP contribution in [0.2, 0.25) is 0 Å². The molecule has 4 rings (SSSR count). The van der Waals surface area contributed by atoms with Gasteiger partial charge in [0.25, 0.3) is 0 Å². The van der Waals surface area contributed by atoms with E-state index in [0.717, 1.165) is 0 Å². The van der Waals surface area contributed by atoms with Gasteiger partial charge >= 0.3 is 0 Å². The molecule has 2 heterocycles. The molecule has 0 saturated carbocycles. The van der Waals surface area contributed by atoms with Gasteiger partial charge in [0, 0.05) is 5.56 Å². The fraction of sp³-hybridized carbons (Fsp3) is 0.136. The van der Waals surface area contributed by atoms with Crippen LogP contribution in [0.3, 0.4) is 0 Å². The second kappa shape index (κ2) is 5.97. The number of nitrogens with zero attached hydrogens (tertiary/aromatic N) is 2. The third kappa shape index (κ3) is 2.41. The Kier molecular flexibility index (Phi) is 3.66. The molecule has 4 aromatic rings. The van der Waals surface area contributed by atoms with Crippen molar-refractivity contribution in [2.75, 3.05) is 0 Å². The van der Waals surface area contributed by atoms with Gasteiger partial charge < -0.3 is 0 Å². The summed E-state index contributed by atoms with van der Waals surface area (Å²) in [6.07, 6.45) is 2.23. The lowest BCUT2D eigenvalue weighted by atomic mass is 10.1. The standard InChI is InChI=1S/C22H21N2/c1-17-10-9-15-21-22(20-13-7-4-8-14-20)24(16-23(17)21)18(2)19-11-5-3-6-12-19/h3-16,18H,1-2H3/q+1/t18-/m0/s1. The molecule has 0 N–H and O–H groups in total. The van der Waals surface area contributed by atoms with Crippen LogP contribution in [0.4, 0.5) is 0 Å². The number of pyridine rings is 1. The summed E-state index contributed by atoms with van der Waals surface area (Å²) in [5.74, 6) is 0. The molecule has 0 aliphatic rings. The van der Waals surface area contributed by atoms with Crippen LogP contribution in [0.25, 0.3) is 16.8 Å². The zero-order valence-corrected chi connectivity index (χ0v) is 14.1. The van der Waals surface area contributed by atoms with E-state index in [-0.39, 0.29) is 6.04 Å². The largest absolute Gasteiger partial charge is 0.250 e. The average Bonchev–Trinajstić information content (AvgIpc) is 3.03. The number of imidazole rings is 1. The highest BCUT2D eigenvalue weighted by molar-refractivity contribution is 5.74. The van der Waals surface area contributed by atoms with Crippen molar-refractivity contribution in [3.63, 3.8) is 0 Å².